The molecule has 3 heterocycles. The van der Waals surface area contributed by atoms with Crippen LogP contribution in [0.4, 0.5) is 0 Å². The van der Waals surface area contributed by atoms with Crippen LogP contribution < -0.4 is 0 Å². The van der Waals surface area contributed by atoms with Gasteiger partial charge < -0.3 is 14.2 Å². The summed E-state index contributed by atoms with van der Waals surface area (Å²) in [4.78, 5) is 21.2. The van der Waals surface area contributed by atoms with E-state index < -0.39 is 0 Å². The Morgan fingerprint density at radius 2 is 2.12 bits per heavy atom. The number of rotatable bonds is 6. The fraction of sp³-hybridized carbons (Fsp3) is 0.526. The first kappa shape index (κ1) is 17.2. The first-order valence-corrected chi connectivity index (χ1v) is 9.16. The van der Waals surface area contributed by atoms with Crippen LogP contribution in [0.5, 0.6) is 0 Å². The highest BCUT2D eigenvalue weighted by Gasteiger charge is 2.39. The maximum absolute atomic E-state index is 12.8. The zero-order valence-corrected chi connectivity index (χ0v) is 15.0. The first-order chi connectivity index (χ1) is 12.7. The van der Waals surface area contributed by atoms with Crippen molar-refractivity contribution in [2.45, 2.75) is 45.1 Å². The third-order valence-electron chi connectivity index (χ3n) is 5.05. The Hall–Kier alpha value is -2.25. The Bertz CT molecular complexity index is 742. The number of benzene rings is 1. The van der Waals surface area contributed by atoms with Crippen molar-refractivity contribution >= 4 is 5.91 Å². The van der Waals surface area contributed by atoms with Crippen molar-refractivity contribution in [1.82, 2.24) is 19.9 Å². The van der Waals surface area contributed by atoms with Gasteiger partial charge in [-0.15, -0.1) is 0 Å². The van der Waals surface area contributed by atoms with Crippen LogP contribution in [0.25, 0.3) is 0 Å². The molecule has 0 aliphatic carbocycles. The summed E-state index contributed by atoms with van der Waals surface area (Å²) >= 11 is 0. The lowest BCUT2D eigenvalue weighted by Crippen LogP contribution is -2.58. The molecule has 0 saturated carbocycles. The maximum atomic E-state index is 12.8. The van der Waals surface area contributed by atoms with Crippen molar-refractivity contribution in [2.75, 3.05) is 19.6 Å². The molecule has 138 valence electrons. The molecular weight excluding hydrogens is 332 g/mol. The fourth-order valence-electron chi connectivity index (χ4n) is 3.64. The Morgan fingerprint density at radius 3 is 2.85 bits per heavy atom. The zero-order chi connectivity index (χ0) is 17.9. The molecule has 0 radical (unpaired) electrons. The predicted molar refractivity (Wildman–Crippen MR) is 94.1 cm³/mol. The average Bonchev–Trinajstić information content (AvgIpc) is 3.23. The van der Waals surface area contributed by atoms with E-state index in [4.69, 9.17) is 9.26 Å². The molecular formula is C19H24N4O3. The Kier molecular flexibility index (Phi) is 4.99. The minimum Gasteiger partial charge on any atom is -0.365 e. The number of aryl methyl sites for hydroxylation is 1. The summed E-state index contributed by atoms with van der Waals surface area (Å²) < 4.78 is 10.8. The van der Waals surface area contributed by atoms with E-state index in [2.05, 4.69) is 27.2 Å². The smallest absolute Gasteiger partial charge is 0.252 e. The molecule has 0 N–H and O–H groups in total. The molecule has 2 aromatic rings. The van der Waals surface area contributed by atoms with Crippen molar-refractivity contribution < 1.29 is 14.1 Å². The lowest BCUT2D eigenvalue weighted by molar-refractivity contribution is -0.151. The van der Waals surface area contributed by atoms with Crippen LogP contribution >= 0.6 is 0 Å². The van der Waals surface area contributed by atoms with Gasteiger partial charge in [0.25, 0.3) is 5.89 Å². The summed E-state index contributed by atoms with van der Waals surface area (Å²) in [5.74, 6) is 1.32. The van der Waals surface area contributed by atoms with Crippen LogP contribution in [0.15, 0.2) is 34.9 Å². The second kappa shape index (κ2) is 7.55. The molecule has 2 aliphatic rings. The lowest BCUT2D eigenvalue weighted by atomic mass is 10.1. The second-order valence-corrected chi connectivity index (χ2v) is 7.03. The third kappa shape index (κ3) is 3.78. The van der Waals surface area contributed by atoms with E-state index in [1.165, 1.54) is 5.56 Å². The Balaban J connectivity index is 1.25. The van der Waals surface area contributed by atoms with Gasteiger partial charge in [-0.05, 0) is 31.9 Å². The molecule has 26 heavy (non-hydrogen) atoms. The Morgan fingerprint density at radius 1 is 1.31 bits per heavy atom. The molecule has 0 bridgehead atoms. The van der Waals surface area contributed by atoms with Gasteiger partial charge in [-0.2, -0.15) is 4.98 Å². The minimum atomic E-state index is -0.00486. The van der Waals surface area contributed by atoms with Gasteiger partial charge in [-0.1, -0.05) is 35.5 Å². The molecule has 1 aromatic heterocycles. The largest absolute Gasteiger partial charge is 0.365 e. The molecule has 4 rings (SSSR count). The number of hydrogen-bond donors (Lipinski definition) is 0. The van der Waals surface area contributed by atoms with Gasteiger partial charge in [0.05, 0.1) is 12.1 Å². The summed E-state index contributed by atoms with van der Waals surface area (Å²) in [7, 11) is 0. The minimum absolute atomic E-state index is 0.00486. The predicted octanol–water partition coefficient (Wildman–Crippen LogP) is 1.77. The average molecular weight is 356 g/mol. The quantitative estimate of drug-likeness (QED) is 0.786. The van der Waals surface area contributed by atoms with Crippen LogP contribution in [0.2, 0.25) is 0 Å². The van der Waals surface area contributed by atoms with Gasteiger partial charge in [-0.25, -0.2) is 0 Å². The van der Waals surface area contributed by atoms with Gasteiger partial charge in [0, 0.05) is 19.6 Å². The third-order valence-corrected chi connectivity index (χ3v) is 5.05. The summed E-state index contributed by atoms with van der Waals surface area (Å²) in [6.07, 6.45) is 2.07. The van der Waals surface area contributed by atoms with Gasteiger partial charge in [0.15, 0.2) is 5.82 Å². The van der Waals surface area contributed by atoms with Gasteiger partial charge in [0.2, 0.25) is 5.91 Å². The van der Waals surface area contributed by atoms with Crippen molar-refractivity contribution in [2.24, 2.45) is 0 Å². The van der Waals surface area contributed by atoms with Crippen molar-refractivity contribution in [3.05, 3.63) is 47.6 Å². The number of amides is 1. The van der Waals surface area contributed by atoms with E-state index in [-0.39, 0.29) is 18.1 Å². The van der Waals surface area contributed by atoms with Gasteiger partial charge in [-0.3, -0.25) is 9.69 Å². The topological polar surface area (TPSA) is 71.7 Å². The molecule has 2 saturated heterocycles. The second-order valence-electron chi connectivity index (χ2n) is 7.03. The number of nitrogens with zero attached hydrogens (tertiary/aromatic N) is 4. The molecule has 2 aliphatic heterocycles. The molecule has 1 unspecified atom stereocenters. The fourth-order valence-corrected chi connectivity index (χ4v) is 3.64. The number of hydrogen-bond acceptors (Lipinski definition) is 6. The molecule has 1 atom stereocenters. The maximum Gasteiger partial charge on any atom is 0.252 e. The summed E-state index contributed by atoms with van der Waals surface area (Å²) in [6.45, 7) is 5.18. The highest BCUT2D eigenvalue weighted by molar-refractivity contribution is 5.83. The Labute approximate surface area is 152 Å². The van der Waals surface area contributed by atoms with Crippen LogP contribution in [-0.4, -0.2) is 57.6 Å². The van der Waals surface area contributed by atoms with E-state index in [0.29, 0.717) is 31.4 Å². The van der Waals surface area contributed by atoms with E-state index in [9.17, 15) is 4.79 Å². The summed E-state index contributed by atoms with van der Waals surface area (Å²) in [5.41, 5.74) is 1.26. The van der Waals surface area contributed by atoms with E-state index in [1.807, 2.05) is 23.1 Å². The molecule has 7 heteroatoms. The molecule has 1 amide bonds. The normalized spacial score (nSPS) is 21.1. The first-order valence-electron chi connectivity index (χ1n) is 9.16. The van der Waals surface area contributed by atoms with E-state index >= 15 is 0 Å². The number of carbonyl (C=O) groups is 1. The number of carbonyl (C=O) groups excluding carboxylic acids is 1. The number of likely N-dealkylation sites (tertiary alicyclic amines) is 2. The number of ether oxygens (including phenoxy) is 1. The van der Waals surface area contributed by atoms with Crippen LogP contribution in [0.3, 0.4) is 0 Å². The van der Waals surface area contributed by atoms with Crippen LogP contribution in [0.1, 0.15) is 30.1 Å². The molecule has 0 spiro atoms. The SMILES string of the molecule is Cc1noc(COC2CN(C(=O)C3CCCN3Cc3ccccc3)C2)n1. The van der Waals surface area contributed by atoms with E-state index in [1.54, 1.807) is 6.92 Å². The van der Waals surface area contributed by atoms with Gasteiger partial charge >= 0.3 is 0 Å². The highest BCUT2D eigenvalue weighted by atomic mass is 16.5. The number of aromatic nitrogens is 2. The highest BCUT2D eigenvalue weighted by Crippen LogP contribution is 2.24. The standard InChI is InChI=1S/C19H24N4O3/c1-14-20-18(26-21-14)13-25-16-11-23(12-16)19(24)17-8-5-9-22(17)10-15-6-3-2-4-7-15/h2-4,6-7,16-17H,5,8-13H2,1H3. The monoisotopic (exact) mass is 356 g/mol. The van der Waals surface area contributed by atoms with Crippen molar-refractivity contribution in [3.8, 4) is 0 Å². The zero-order valence-electron chi connectivity index (χ0n) is 15.0. The van der Waals surface area contributed by atoms with E-state index in [0.717, 1.165) is 25.9 Å². The van der Waals surface area contributed by atoms with Crippen molar-refractivity contribution in [1.29, 1.82) is 0 Å². The van der Waals surface area contributed by atoms with Gasteiger partial charge in [0.1, 0.15) is 6.61 Å². The van der Waals surface area contributed by atoms with Crippen LogP contribution in [0, 0.1) is 6.92 Å². The van der Waals surface area contributed by atoms with Crippen LogP contribution in [-0.2, 0) is 22.7 Å². The van der Waals surface area contributed by atoms with Crippen molar-refractivity contribution in [3.63, 3.8) is 0 Å². The molecule has 1 aromatic carbocycles. The molecule has 2 fully saturated rings. The summed E-state index contributed by atoms with van der Waals surface area (Å²) in [6, 6.07) is 10.3. The lowest BCUT2D eigenvalue weighted by Gasteiger charge is -2.41. The molecule has 7 nitrogen and oxygen atoms in total. The summed E-state index contributed by atoms with van der Waals surface area (Å²) in [5, 5.41) is 3.74.